The second-order valence-electron chi connectivity index (χ2n) is 6.01. The quantitative estimate of drug-likeness (QED) is 0.837. The van der Waals surface area contributed by atoms with Crippen LogP contribution >= 0.6 is 0 Å². The number of nitrogens with one attached hydrogen (secondary N) is 2. The lowest BCUT2D eigenvalue weighted by molar-refractivity contribution is -0.121. The van der Waals surface area contributed by atoms with E-state index in [0.717, 1.165) is 19.4 Å². The predicted octanol–water partition coefficient (Wildman–Crippen LogP) is 2.19. The Bertz CT molecular complexity index is 540. The summed E-state index contributed by atoms with van der Waals surface area (Å²) in [7, 11) is 1.33. The average molecular weight is 290 g/mol. The average Bonchev–Trinajstić information content (AvgIpc) is 2.46. The van der Waals surface area contributed by atoms with Crippen LogP contribution in [0.15, 0.2) is 24.3 Å². The molecule has 21 heavy (non-hydrogen) atoms. The smallest absolute Gasteiger partial charge is 0.339 e. The molecule has 1 aromatic rings. The van der Waals surface area contributed by atoms with Gasteiger partial charge in [0.25, 0.3) is 0 Å². The summed E-state index contributed by atoms with van der Waals surface area (Å²) in [6.45, 7) is 4.99. The molecule has 0 bridgehead atoms. The van der Waals surface area contributed by atoms with Crippen LogP contribution in [0.5, 0.6) is 0 Å². The van der Waals surface area contributed by atoms with Crippen LogP contribution in [0.2, 0.25) is 0 Å². The molecule has 1 amide bonds. The minimum atomic E-state index is -0.457. The van der Waals surface area contributed by atoms with Crippen LogP contribution in [0, 0.1) is 5.41 Å². The van der Waals surface area contributed by atoms with Gasteiger partial charge in [-0.25, -0.2) is 4.79 Å². The minimum absolute atomic E-state index is 0.109. The van der Waals surface area contributed by atoms with Crippen molar-refractivity contribution >= 4 is 17.6 Å². The molecular weight excluding hydrogens is 268 g/mol. The number of rotatable bonds is 3. The van der Waals surface area contributed by atoms with Gasteiger partial charge in [-0.05, 0) is 36.9 Å². The zero-order valence-corrected chi connectivity index (χ0v) is 12.7. The van der Waals surface area contributed by atoms with Gasteiger partial charge in [0.1, 0.15) is 0 Å². The van der Waals surface area contributed by atoms with Crippen molar-refractivity contribution in [2.45, 2.75) is 32.7 Å². The van der Waals surface area contributed by atoms with Crippen molar-refractivity contribution in [3.63, 3.8) is 0 Å². The first-order chi connectivity index (χ1) is 9.95. The third-order valence-electron chi connectivity index (χ3n) is 3.98. The highest BCUT2D eigenvalue weighted by Gasteiger charge is 2.37. The van der Waals surface area contributed by atoms with Gasteiger partial charge in [0.15, 0.2) is 0 Å². The normalized spacial score (nSPS) is 20.6. The van der Waals surface area contributed by atoms with Crippen LogP contribution in [-0.2, 0) is 9.53 Å². The summed E-state index contributed by atoms with van der Waals surface area (Å²) in [6.07, 6.45) is 2.06. The second kappa shape index (κ2) is 6.26. The first kappa shape index (κ1) is 15.5. The molecule has 1 aromatic carbocycles. The number of benzene rings is 1. The summed E-state index contributed by atoms with van der Waals surface area (Å²) in [5, 5.41) is 6.11. The monoisotopic (exact) mass is 290 g/mol. The Labute approximate surface area is 125 Å². The number of amides is 1. The summed E-state index contributed by atoms with van der Waals surface area (Å²) in [6, 6.07) is 6.60. The molecule has 114 valence electrons. The van der Waals surface area contributed by atoms with Gasteiger partial charge in [-0.3, -0.25) is 4.79 Å². The lowest BCUT2D eigenvalue weighted by Crippen LogP contribution is -2.53. The van der Waals surface area contributed by atoms with Crippen LogP contribution in [0.1, 0.15) is 37.0 Å². The van der Waals surface area contributed by atoms with E-state index in [1.54, 1.807) is 24.3 Å². The molecule has 5 heteroatoms. The maximum Gasteiger partial charge on any atom is 0.339 e. The van der Waals surface area contributed by atoms with Gasteiger partial charge in [-0.15, -0.1) is 0 Å². The number of carbonyl (C=O) groups excluding carboxylic acids is 2. The van der Waals surface area contributed by atoms with E-state index in [9.17, 15) is 9.59 Å². The summed E-state index contributed by atoms with van der Waals surface area (Å²) in [5.74, 6) is -0.571. The van der Waals surface area contributed by atoms with Crippen LogP contribution < -0.4 is 10.6 Å². The highest BCUT2D eigenvalue weighted by molar-refractivity contribution is 6.03. The number of esters is 1. The van der Waals surface area contributed by atoms with Crippen LogP contribution in [0.3, 0.4) is 0 Å². The number of carbonyl (C=O) groups is 2. The molecule has 1 unspecified atom stereocenters. The van der Waals surface area contributed by atoms with Gasteiger partial charge >= 0.3 is 5.97 Å². The highest BCUT2D eigenvalue weighted by atomic mass is 16.5. The topological polar surface area (TPSA) is 67.4 Å². The Morgan fingerprint density at radius 1 is 1.33 bits per heavy atom. The van der Waals surface area contributed by atoms with E-state index in [-0.39, 0.29) is 17.4 Å². The second-order valence-corrected chi connectivity index (χ2v) is 6.01. The molecule has 2 rings (SSSR count). The Balaban J connectivity index is 2.18. The zero-order valence-electron chi connectivity index (χ0n) is 12.7. The molecule has 1 saturated heterocycles. The van der Waals surface area contributed by atoms with Crippen LogP contribution in [0.25, 0.3) is 0 Å². The fraction of sp³-hybridized carbons (Fsp3) is 0.500. The molecule has 1 fully saturated rings. The lowest BCUT2D eigenvalue weighted by atomic mass is 9.77. The first-order valence-electron chi connectivity index (χ1n) is 7.17. The molecule has 0 aromatic heterocycles. The number of methoxy groups -OCH3 is 1. The van der Waals surface area contributed by atoms with Crippen molar-refractivity contribution in [1.29, 1.82) is 0 Å². The molecule has 1 aliphatic heterocycles. The van der Waals surface area contributed by atoms with Gasteiger partial charge in [0.2, 0.25) is 5.91 Å². The SMILES string of the molecule is COC(=O)c1ccccc1NC(=O)C1NCCCC1(C)C. The van der Waals surface area contributed by atoms with E-state index in [1.807, 2.05) is 0 Å². The summed E-state index contributed by atoms with van der Waals surface area (Å²) < 4.78 is 4.74. The molecule has 2 N–H and O–H groups in total. The Morgan fingerprint density at radius 2 is 2.05 bits per heavy atom. The number of hydrogen-bond donors (Lipinski definition) is 2. The van der Waals surface area contributed by atoms with Crippen molar-refractivity contribution in [1.82, 2.24) is 5.32 Å². The Kier molecular flexibility index (Phi) is 4.63. The first-order valence-corrected chi connectivity index (χ1v) is 7.17. The van der Waals surface area contributed by atoms with Gasteiger partial charge < -0.3 is 15.4 Å². The zero-order chi connectivity index (χ0) is 15.5. The predicted molar refractivity (Wildman–Crippen MR) is 81.2 cm³/mol. The molecule has 1 aliphatic rings. The molecular formula is C16H22N2O3. The maximum atomic E-state index is 12.5. The number of para-hydroxylation sites is 1. The fourth-order valence-corrected chi connectivity index (χ4v) is 2.74. The van der Waals surface area contributed by atoms with Crippen LogP contribution in [0.4, 0.5) is 5.69 Å². The fourth-order valence-electron chi connectivity index (χ4n) is 2.74. The van der Waals surface area contributed by atoms with E-state index >= 15 is 0 Å². The van der Waals surface area contributed by atoms with Crippen molar-refractivity contribution in [2.75, 3.05) is 19.0 Å². The van der Waals surface area contributed by atoms with Crippen LogP contribution in [-0.4, -0.2) is 31.6 Å². The standard InChI is InChI=1S/C16H22N2O3/c1-16(2)9-6-10-17-13(16)14(19)18-12-8-5-4-7-11(12)15(20)21-3/h4-5,7-8,13,17H,6,9-10H2,1-3H3,(H,18,19). The Morgan fingerprint density at radius 3 is 2.71 bits per heavy atom. The molecule has 0 saturated carbocycles. The van der Waals surface area contributed by atoms with E-state index in [4.69, 9.17) is 4.74 Å². The molecule has 5 nitrogen and oxygen atoms in total. The third-order valence-corrected chi connectivity index (χ3v) is 3.98. The van der Waals surface area contributed by atoms with Crippen molar-refractivity contribution < 1.29 is 14.3 Å². The maximum absolute atomic E-state index is 12.5. The number of ether oxygens (including phenoxy) is 1. The van der Waals surface area contributed by atoms with Gasteiger partial charge in [-0.1, -0.05) is 26.0 Å². The molecule has 0 aliphatic carbocycles. The van der Waals surface area contributed by atoms with E-state index in [0.29, 0.717) is 11.3 Å². The number of anilines is 1. The highest BCUT2D eigenvalue weighted by Crippen LogP contribution is 2.31. The Hall–Kier alpha value is -1.88. The van der Waals surface area contributed by atoms with Gasteiger partial charge in [0.05, 0.1) is 24.4 Å². The van der Waals surface area contributed by atoms with E-state index in [1.165, 1.54) is 7.11 Å². The lowest BCUT2D eigenvalue weighted by Gasteiger charge is -2.38. The number of hydrogen-bond acceptors (Lipinski definition) is 4. The van der Waals surface area contributed by atoms with Crippen molar-refractivity contribution in [3.05, 3.63) is 29.8 Å². The molecule has 0 radical (unpaired) electrons. The van der Waals surface area contributed by atoms with Gasteiger partial charge in [0, 0.05) is 0 Å². The number of piperidine rings is 1. The third kappa shape index (κ3) is 3.42. The largest absolute Gasteiger partial charge is 0.465 e. The van der Waals surface area contributed by atoms with Crippen molar-refractivity contribution in [3.8, 4) is 0 Å². The molecule has 0 spiro atoms. The van der Waals surface area contributed by atoms with E-state index in [2.05, 4.69) is 24.5 Å². The van der Waals surface area contributed by atoms with Crippen molar-refractivity contribution in [2.24, 2.45) is 5.41 Å². The molecule has 1 heterocycles. The summed E-state index contributed by atoms with van der Waals surface area (Å²) in [4.78, 5) is 24.3. The summed E-state index contributed by atoms with van der Waals surface area (Å²) >= 11 is 0. The minimum Gasteiger partial charge on any atom is -0.465 e. The van der Waals surface area contributed by atoms with E-state index < -0.39 is 5.97 Å². The molecule has 1 atom stereocenters. The van der Waals surface area contributed by atoms with Gasteiger partial charge in [-0.2, -0.15) is 0 Å². The summed E-state index contributed by atoms with van der Waals surface area (Å²) in [5.41, 5.74) is 0.738.